The average molecular weight is 419 g/mol. The molecule has 0 aliphatic carbocycles. The molecule has 1 aliphatic rings. The van der Waals surface area contributed by atoms with Crippen LogP contribution >= 0.6 is 0 Å². The number of anilines is 1. The van der Waals surface area contributed by atoms with Crippen molar-refractivity contribution >= 4 is 23.5 Å². The Morgan fingerprint density at radius 2 is 1.58 bits per heavy atom. The van der Waals surface area contributed by atoms with E-state index in [9.17, 15) is 14.4 Å². The maximum absolute atomic E-state index is 12.7. The number of carbonyl (C=O) groups is 3. The van der Waals surface area contributed by atoms with E-state index in [-0.39, 0.29) is 22.9 Å². The van der Waals surface area contributed by atoms with Gasteiger partial charge in [0.25, 0.3) is 0 Å². The van der Waals surface area contributed by atoms with Crippen molar-refractivity contribution < 1.29 is 23.9 Å². The van der Waals surface area contributed by atoms with E-state index in [0.717, 1.165) is 12.1 Å². The van der Waals surface area contributed by atoms with Crippen molar-refractivity contribution in [3.8, 4) is 16.9 Å². The van der Waals surface area contributed by atoms with Crippen molar-refractivity contribution in [1.29, 1.82) is 0 Å². The molecule has 2 aromatic carbocycles. The maximum Gasteiger partial charge on any atom is 0.357 e. The Morgan fingerprint density at radius 1 is 0.903 bits per heavy atom. The number of hydrogen-bond acceptors (Lipinski definition) is 6. The molecule has 0 spiro atoms. The van der Waals surface area contributed by atoms with E-state index >= 15 is 0 Å². The lowest BCUT2D eigenvalue weighted by Crippen LogP contribution is -2.23. The molecule has 2 heterocycles. The number of para-hydroxylation sites is 1. The molecule has 1 aromatic heterocycles. The lowest BCUT2D eigenvalue weighted by atomic mass is 10.0. The van der Waals surface area contributed by atoms with E-state index in [0.29, 0.717) is 24.2 Å². The number of rotatable bonds is 5. The molecule has 0 atom stereocenters. The lowest BCUT2D eigenvalue weighted by molar-refractivity contribution is -0.117. The first kappa shape index (κ1) is 20.3. The first-order valence-electron chi connectivity index (χ1n) is 9.81. The van der Waals surface area contributed by atoms with Crippen LogP contribution in [-0.2, 0) is 14.3 Å². The fraction of sp³-hybridized carbons (Fsp3) is 0.217. The number of aromatic nitrogens is 2. The highest BCUT2D eigenvalue weighted by atomic mass is 16.5. The molecule has 0 unspecified atom stereocenters. The van der Waals surface area contributed by atoms with Crippen molar-refractivity contribution in [3.63, 3.8) is 0 Å². The predicted molar refractivity (Wildman–Crippen MR) is 113 cm³/mol. The van der Waals surface area contributed by atoms with Gasteiger partial charge in [-0.05, 0) is 30.7 Å². The van der Waals surface area contributed by atoms with Crippen molar-refractivity contribution in [2.75, 3.05) is 25.7 Å². The number of carbonyl (C=O) groups excluding carboxylic acids is 3. The topological polar surface area (TPSA) is 90.7 Å². The second-order valence-corrected chi connectivity index (χ2v) is 7.00. The van der Waals surface area contributed by atoms with Crippen LogP contribution in [-0.4, -0.2) is 48.4 Å². The van der Waals surface area contributed by atoms with Gasteiger partial charge in [0.05, 0.1) is 19.9 Å². The van der Waals surface area contributed by atoms with Gasteiger partial charge in [0.15, 0.2) is 5.69 Å². The summed E-state index contributed by atoms with van der Waals surface area (Å²) < 4.78 is 11.3. The molecule has 1 fully saturated rings. The van der Waals surface area contributed by atoms with Crippen LogP contribution < -0.4 is 4.90 Å². The molecule has 31 heavy (non-hydrogen) atoms. The minimum absolute atomic E-state index is 0.0169. The summed E-state index contributed by atoms with van der Waals surface area (Å²) in [6, 6.07) is 16.1. The van der Waals surface area contributed by atoms with E-state index < -0.39 is 11.9 Å². The monoisotopic (exact) mass is 419 g/mol. The minimum Gasteiger partial charge on any atom is -0.465 e. The summed E-state index contributed by atoms with van der Waals surface area (Å²) in [5.41, 5.74) is 2.27. The molecule has 1 aliphatic heterocycles. The third kappa shape index (κ3) is 3.68. The Kier molecular flexibility index (Phi) is 5.53. The molecule has 1 saturated heterocycles. The van der Waals surface area contributed by atoms with Crippen molar-refractivity contribution in [2.45, 2.75) is 12.8 Å². The molecule has 158 valence electrons. The van der Waals surface area contributed by atoms with Gasteiger partial charge in [0.1, 0.15) is 11.3 Å². The highest BCUT2D eigenvalue weighted by Crippen LogP contribution is 2.31. The smallest absolute Gasteiger partial charge is 0.357 e. The predicted octanol–water partition coefficient (Wildman–Crippen LogP) is 3.24. The fourth-order valence-electron chi connectivity index (χ4n) is 3.68. The zero-order chi connectivity index (χ0) is 22.0. The average Bonchev–Trinajstić information content (AvgIpc) is 3.42. The Labute approximate surface area is 179 Å². The number of ether oxygens (including phenoxy) is 2. The van der Waals surface area contributed by atoms with Crippen LogP contribution in [0, 0.1) is 0 Å². The number of methoxy groups -OCH3 is 2. The molecule has 8 heteroatoms. The summed E-state index contributed by atoms with van der Waals surface area (Å²) in [5.74, 6) is -1.32. The van der Waals surface area contributed by atoms with E-state index in [1.165, 1.54) is 18.9 Å². The van der Waals surface area contributed by atoms with Crippen LogP contribution in [0.3, 0.4) is 0 Å². The van der Waals surface area contributed by atoms with Crippen LogP contribution in [0.25, 0.3) is 16.9 Å². The van der Waals surface area contributed by atoms with Gasteiger partial charge in [0, 0.05) is 24.2 Å². The SMILES string of the molecule is COC(=O)c1c(-c2ccc(N3CCCC3=O)cc2)nn(-c2ccccc2)c1C(=O)OC. The molecule has 0 bridgehead atoms. The normalized spacial score (nSPS) is 13.4. The highest BCUT2D eigenvalue weighted by molar-refractivity contribution is 6.07. The van der Waals surface area contributed by atoms with E-state index in [4.69, 9.17) is 9.47 Å². The number of esters is 2. The first-order valence-corrected chi connectivity index (χ1v) is 9.81. The van der Waals surface area contributed by atoms with Crippen LogP contribution in [0.4, 0.5) is 5.69 Å². The van der Waals surface area contributed by atoms with Gasteiger partial charge >= 0.3 is 11.9 Å². The number of benzene rings is 2. The molecular formula is C23H21N3O5. The molecule has 0 saturated carbocycles. The highest BCUT2D eigenvalue weighted by Gasteiger charge is 2.31. The molecule has 1 amide bonds. The first-order chi connectivity index (χ1) is 15.0. The summed E-state index contributed by atoms with van der Waals surface area (Å²) in [4.78, 5) is 39.1. The van der Waals surface area contributed by atoms with Crippen molar-refractivity contribution in [1.82, 2.24) is 9.78 Å². The zero-order valence-corrected chi connectivity index (χ0v) is 17.2. The van der Waals surface area contributed by atoms with Crippen LogP contribution in [0.2, 0.25) is 0 Å². The van der Waals surface area contributed by atoms with E-state index in [1.54, 1.807) is 53.4 Å². The Morgan fingerprint density at radius 3 is 2.16 bits per heavy atom. The van der Waals surface area contributed by atoms with Crippen LogP contribution in [0.15, 0.2) is 54.6 Å². The molecule has 0 radical (unpaired) electrons. The number of hydrogen-bond donors (Lipinski definition) is 0. The van der Waals surface area contributed by atoms with Crippen LogP contribution in [0.1, 0.15) is 33.7 Å². The molecular weight excluding hydrogens is 398 g/mol. The Hall–Kier alpha value is -3.94. The summed E-state index contributed by atoms with van der Waals surface area (Å²) in [5, 5.41) is 4.57. The lowest BCUT2D eigenvalue weighted by Gasteiger charge is -2.15. The Balaban J connectivity index is 1.87. The van der Waals surface area contributed by atoms with Gasteiger partial charge in [-0.1, -0.05) is 30.3 Å². The summed E-state index contributed by atoms with van der Waals surface area (Å²) in [7, 11) is 2.49. The summed E-state index contributed by atoms with van der Waals surface area (Å²) >= 11 is 0. The zero-order valence-electron chi connectivity index (χ0n) is 17.2. The molecule has 8 nitrogen and oxygen atoms in total. The molecule has 4 rings (SSSR count). The maximum atomic E-state index is 12.7. The summed E-state index contributed by atoms with van der Waals surface area (Å²) in [6.45, 7) is 0.681. The second-order valence-electron chi connectivity index (χ2n) is 7.00. The third-order valence-electron chi connectivity index (χ3n) is 5.18. The largest absolute Gasteiger partial charge is 0.465 e. The summed E-state index contributed by atoms with van der Waals surface area (Å²) in [6.07, 6.45) is 1.37. The van der Waals surface area contributed by atoms with E-state index in [2.05, 4.69) is 5.10 Å². The van der Waals surface area contributed by atoms with Gasteiger partial charge in [-0.3, -0.25) is 4.79 Å². The molecule has 3 aromatic rings. The van der Waals surface area contributed by atoms with E-state index in [1.807, 2.05) is 6.07 Å². The second kappa shape index (κ2) is 8.43. The number of nitrogens with zero attached hydrogens (tertiary/aromatic N) is 3. The van der Waals surface area contributed by atoms with Gasteiger partial charge in [-0.2, -0.15) is 5.10 Å². The minimum atomic E-state index is -0.706. The fourth-order valence-corrected chi connectivity index (χ4v) is 3.68. The van der Waals surface area contributed by atoms with Gasteiger partial charge in [-0.25, -0.2) is 14.3 Å². The third-order valence-corrected chi connectivity index (χ3v) is 5.18. The van der Waals surface area contributed by atoms with Gasteiger partial charge in [-0.15, -0.1) is 0 Å². The van der Waals surface area contributed by atoms with Crippen LogP contribution in [0.5, 0.6) is 0 Å². The molecule has 0 N–H and O–H groups in total. The van der Waals surface area contributed by atoms with Crippen molar-refractivity contribution in [3.05, 3.63) is 65.9 Å². The standard InChI is InChI=1S/C23H21N3O5/c1-30-22(28)19-20(15-10-12-16(13-11-15)25-14-6-9-18(25)27)24-26(21(19)23(29)31-2)17-7-4-3-5-8-17/h3-5,7-8,10-13H,6,9,14H2,1-2H3. The number of amides is 1. The quantitative estimate of drug-likeness (QED) is 0.590. The van der Waals surface area contributed by atoms with Gasteiger partial charge < -0.3 is 14.4 Å². The van der Waals surface area contributed by atoms with Gasteiger partial charge in [0.2, 0.25) is 5.91 Å². The Bertz CT molecular complexity index is 1140. The van der Waals surface area contributed by atoms with Crippen molar-refractivity contribution in [2.24, 2.45) is 0 Å².